The number of nitrogens with one attached hydrogen (secondary N) is 1. The smallest absolute Gasteiger partial charge is 0.0790 e. The Morgan fingerprint density at radius 2 is 2.06 bits per heavy atom. The SMILES string of the molecule is Cn1cc(CNOC2CCCC2)c2ccccc21. The van der Waals surface area contributed by atoms with Gasteiger partial charge in [0.2, 0.25) is 0 Å². The van der Waals surface area contributed by atoms with E-state index in [1.165, 1.54) is 42.1 Å². The van der Waals surface area contributed by atoms with E-state index in [9.17, 15) is 0 Å². The first-order valence-electron chi connectivity index (χ1n) is 6.76. The Bertz CT molecular complexity index is 526. The van der Waals surface area contributed by atoms with E-state index in [-0.39, 0.29) is 0 Å². The fourth-order valence-electron chi connectivity index (χ4n) is 2.81. The molecule has 0 radical (unpaired) electrons. The van der Waals surface area contributed by atoms with Gasteiger partial charge in [-0.15, -0.1) is 0 Å². The predicted molar refractivity (Wildman–Crippen MR) is 73.1 cm³/mol. The van der Waals surface area contributed by atoms with Crippen molar-refractivity contribution in [2.75, 3.05) is 0 Å². The Balaban J connectivity index is 1.67. The molecule has 3 nitrogen and oxygen atoms in total. The number of fused-ring (bicyclic) bond motifs is 1. The summed E-state index contributed by atoms with van der Waals surface area (Å²) < 4.78 is 2.17. The van der Waals surface area contributed by atoms with Gasteiger partial charge in [-0.1, -0.05) is 31.0 Å². The van der Waals surface area contributed by atoms with Gasteiger partial charge < -0.3 is 4.57 Å². The van der Waals surface area contributed by atoms with Gasteiger partial charge in [0.1, 0.15) is 0 Å². The third kappa shape index (κ3) is 2.28. The maximum absolute atomic E-state index is 5.71. The molecule has 1 aliphatic carbocycles. The van der Waals surface area contributed by atoms with Crippen LogP contribution in [0.2, 0.25) is 0 Å². The summed E-state index contributed by atoms with van der Waals surface area (Å²) in [5.74, 6) is 0. The highest BCUT2D eigenvalue weighted by Crippen LogP contribution is 2.22. The Labute approximate surface area is 108 Å². The molecule has 0 bridgehead atoms. The number of hydrogen-bond donors (Lipinski definition) is 1. The highest BCUT2D eigenvalue weighted by molar-refractivity contribution is 5.83. The highest BCUT2D eigenvalue weighted by Gasteiger charge is 2.15. The molecule has 1 fully saturated rings. The molecule has 0 unspecified atom stereocenters. The Hall–Kier alpha value is -1.32. The standard InChI is InChI=1S/C15H20N2O/c1-17-11-12(14-8-4-5-9-15(14)17)10-16-18-13-6-2-3-7-13/h4-5,8-9,11,13,16H,2-3,6-7,10H2,1H3. The van der Waals surface area contributed by atoms with Crippen LogP contribution in [0.1, 0.15) is 31.2 Å². The van der Waals surface area contributed by atoms with Crippen LogP contribution in [0.5, 0.6) is 0 Å². The van der Waals surface area contributed by atoms with Crippen molar-refractivity contribution in [2.45, 2.75) is 38.3 Å². The van der Waals surface area contributed by atoms with Crippen LogP contribution in [0.25, 0.3) is 10.9 Å². The number of rotatable bonds is 4. The van der Waals surface area contributed by atoms with Crippen molar-refractivity contribution in [3.8, 4) is 0 Å². The molecule has 96 valence electrons. The van der Waals surface area contributed by atoms with E-state index < -0.39 is 0 Å². The van der Waals surface area contributed by atoms with Crippen LogP contribution in [0.4, 0.5) is 0 Å². The van der Waals surface area contributed by atoms with Gasteiger partial charge in [-0.2, -0.15) is 5.48 Å². The maximum atomic E-state index is 5.71. The maximum Gasteiger partial charge on any atom is 0.0790 e. The summed E-state index contributed by atoms with van der Waals surface area (Å²) in [7, 11) is 2.09. The average molecular weight is 244 g/mol. The molecule has 2 aromatic rings. The molecular weight excluding hydrogens is 224 g/mol. The number of nitrogens with zero attached hydrogens (tertiary/aromatic N) is 1. The third-order valence-electron chi connectivity index (χ3n) is 3.79. The lowest BCUT2D eigenvalue weighted by atomic mass is 10.2. The second-order valence-corrected chi connectivity index (χ2v) is 5.13. The zero-order valence-corrected chi connectivity index (χ0v) is 10.9. The lowest BCUT2D eigenvalue weighted by molar-refractivity contribution is -0.0242. The molecule has 3 rings (SSSR count). The molecule has 1 aromatic heterocycles. The Morgan fingerprint density at radius 1 is 1.28 bits per heavy atom. The molecule has 1 saturated carbocycles. The van der Waals surface area contributed by atoms with Crippen LogP contribution in [-0.2, 0) is 18.4 Å². The second-order valence-electron chi connectivity index (χ2n) is 5.13. The number of hydrogen-bond acceptors (Lipinski definition) is 2. The van der Waals surface area contributed by atoms with Crippen LogP contribution in [0.3, 0.4) is 0 Å². The van der Waals surface area contributed by atoms with E-state index >= 15 is 0 Å². The highest BCUT2D eigenvalue weighted by atomic mass is 16.7. The quantitative estimate of drug-likeness (QED) is 0.836. The molecule has 0 aliphatic heterocycles. The Morgan fingerprint density at radius 3 is 2.89 bits per heavy atom. The normalized spacial score (nSPS) is 16.7. The largest absolute Gasteiger partial charge is 0.350 e. The summed E-state index contributed by atoms with van der Waals surface area (Å²) in [6.45, 7) is 0.776. The fourth-order valence-corrected chi connectivity index (χ4v) is 2.81. The van der Waals surface area contributed by atoms with Gasteiger partial charge in [0.15, 0.2) is 0 Å². The second kappa shape index (κ2) is 5.12. The van der Waals surface area contributed by atoms with Crippen LogP contribution < -0.4 is 5.48 Å². The van der Waals surface area contributed by atoms with Gasteiger partial charge in [-0.05, 0) is 24.5 Å². The lowest BCUT2D eigenvalue weighted by Crippen LogP contribution is -2.21. The summed E-state index contributed by atoms with van der Waals surface area (Å²) >= 11 is 0. The number of benzene rings is 1. The summed E-state index contributed by atoms with van der Waals surface area (Å²) in [6.07, 6.45) is 7.60. The number of aryl methyl sites for hydroxylation is 1. The molecule has 0 amide bonds. The van der Waals surface area contributed by atoms with Gasteiger partial charge in [0.25, 0.3) is 0 Å². The predicted octanol–water partition coefficient (Wildman–Crippen LogP) is 3.14. The van der Waals surface area contributed by atoms with Gasteiger partial charge in [-0.25, -0.2) is 0 Å². The third-order valence-corrected chi connectivity index (χ3v) is 3.79. The van der Waals surface area contributed by atoms with Crippen molar-refractivity contribution in [2.24, 2.45) is 7.05 Å². The van der Waals surface area contributed by atoms with Gasteiger partial charge in [0.05, 0.1) is 6.10 Å². The van der Waals surface area contributed by atoms with E-state index in [0.29, 0.717) is 6.10 Å². The van der Waals surface area contributed by atoms with E-state index in [2.05, 4.69) is 47.6 Å². The van der Waals surface area contributed by atoms with E-state index in [1.54, 1.807) is 0 Å². The van der Waals surface area contributed by atoms with Gasteiger partial charge >= 0.3 is 0 Å². The summed E-state index contributed by atoms with van der Waals surface area (Å²) in [6, 6.07) is 8.48. The topological polar surface area (TPSA) is 26.2 Å². The molecule has 1 aliphatic rings. The first kappa shape index (κ1) is 11.8. The van der Waals surface area contributed by atoms with Crippen LogP contribution in [0.15, 0.2) is 30.5 Å². The summed E-state index contributed by atoms with van der Waals surface area (Å²) in [4.78, 5) is 5.71. The first-order chi connectivity index (χ1) is 8.84. The van der Waals surface area contributed by atoms with E-state index in [0.717, 1.165) is 6.54 Å². The van der Waals surface area contributed by atoms with Crippen molar-refractivity contribution in [1.82, 2.24) is 10.0 Å². The minimum absolute atomic E-state index is 0.417. The molecule has 1 aromatic carbocycles. The van der Waals surface area contributed by atoms with Crippen molar-refractivity contribution in [3.63, 3.8) is 0 Å². The molecule has 0 atom stereocenters. The van der Waals surface area contributed by atoms with Crippen molar-refractivity contribution < 1.29 is 4.84 Å². The van der Waals surface area contributed by atoms with Gasteiger partial charge in [-0.3, -0.25) is 4.84 Å². The fraction of sp³-hybridized carbons (Fsp3) is 0.467. The van der Waals surface area contributed by atoms with Crippen LogP contribution >= 0.6 is 0 Å². The van der Waals surface area contributed by atoms with Crippen LogP contribution in [-0.4, -0.2) is 10.7 Å². The first-order valence-corrected chi connectivity index (χ1v) is 6.76. The number of aromatic nitrogens is 1. The average Bonchev–Trinajstić information content (AvgIpc) is 3.00. The number of hydroxylamine groups is 1. The minimum Gasteiger partial charge on any atom is -0.350 e. The minimum atomic E-state index is 0.417. The molecule has 0 saturated heterocycles. The zero-order chi connectivity index (χ0) is 12.4. The zero-order valence-electron chi connectivity index (χ0n) is 10.9. The Kier molecular flexibility index (Phi) is 3.35. The molecule has 1 heterocycles. The molecule has 18 heavy (non-hydrogen) atoms. The summed E-state index contributed by atoms with van der Waals surface area (Å²) in [5, 5.41) is 1.31. The van der Waals surface area contributed by atoms with Crippen molar-refractivity contribution in [3.05, 3.63) is 36.0 Å². The number of para-hydroxylation sites is 1. The van der Waals surface area contributed by atoms with Crippen LogP contribution in [0, 0.1) is 0 Å². The van der Waals surface area contributed by atoms with Gasteiger partial charge in [0, 0.05) is 30.7 Å². The summed E-state index contributed by atoms with van der Waals surface area (Å²) in [5.41, 5.74) is 5.71. The molecule has 0 spiro atoms. The molecular formula is C15H20N2O. The van der Waals surface area contributed by atoms with E-state index in [1.807, 2.05) is 0 Å². The van der Waals surface area contributed by atoms with Crippen molar-refractivity contribution >= 4 is 10.9 Å². The molecule has 3 heteroatoms. The molecule has 1 N–H and O–H groups in total. The lowest BCUT2D eigenvalue weighted by Gasteiger charge is -2.11. The van der Waals surface area contributed by atoms with Crippen molar-refractivity contribution in [1.29, 1.82) is 0 Å². The monoisotopic (exact) mass is 244 g/mol. The van der Waals surface area contributed by atoms with E-state index in [4.69, 9.17) is 4.84 Å².